The van der Waals surface area contributed by atoms with E-state index in [0.717, 1.165) is 77.6 Å². The fourth-order valence-electron chi connectivity index (χ4n) is 3.61. The van der Waals surface area contributed by atoms with Gasteiger partial charge >= 0.3 is 0 Å². The summed E-state index contributed by atoms with van der Waals surface area (Å²) in [5, 5.41) is 4.07. The van der Waals surface area contributed by atoms with Crippen molar-refractivity contribution in [1.82, 2.24) is 19.9 Å². The maximum atomic E-state index is 5.69. The third-order valence-electron chi connectivity index (χ3n) is 5.33. The molecule has 0 amide bonds. The van der Waals surface area contributed by atoms with Gasteiger partial charge in [0.15, 0.2) is 5.13 Å². The number of rotatable bonds is 8. The second kappa shape index (κ2) is 10.4. The normalized spacial score (nSPS) is 15.7. The van der Waals surface area contributed by atoms with Gasteiger partial charge < -0.3 is 26.4 Å². The van der Waals surface area contributed by atoms with Crippen molar-refractivity contribution in [2.75, 3.05) is 56.7 Å². The lowest BCUT2D eigenvalue weighted by Gasteiger charge is -2.36. The van der Waals surface area contributed by atoms with Crippen LogP contribution in [-0.2, 0) is 4.74 Å². The molecule has 32 heavy (non-hydrogen) atoms. The maximum absolute atomic E-state index is 5.69. The average Bonchev–Trinajstić information content (AvgIpc) is 3.23. The van der Waals surface area contributed by atoms with Crippen LogP contribution in [0.25, 0.3) is 15.9 Å². The van der Waals surface area contributed by atoms with E-state index in [2.05, 4.69) is 36.1 Å². The van der Waals surface area contributed by atoms with E-state index in [-0.39, 0.29) is 0 Å². The molecule has 3 aromatic heterocycles. The number of nitrogens with zero attached hydrogens (tertiary/aromatic N) is 5. The van der Waals surface area contributed by atoms with Crippen molar-refractivity contribution < 1.29 is 4.74 Å². The largest absolute Gasteiger partial charge is 0.405 e. The van der Waals surface area contributed by atoms with Gasteiger partial charge in [-0.15, -0.1) is 0 Å². The molecule has 1 aliphatic heterocycles. The Morgan fingerprint density at radius 2 is 2.03 bits per heavy atom. The van der Waals surface area contributed by atoms with Crippen molar-refractivity contribution >= 4 is 43.9 Å². The van der Waals surface area contributed by atoms with Crippen LogP contribution in [0.4, 0.5) is 16.6 Å². The van der Waals surface area contributed by atoms with Crippen LogP contribution in [0.1, 0.15) is 5.69 Å². The minimum atomic E-state index is 0.742. The van der Waals surface area contributed by atoms with Crippen LogP contribution in [0.3, 0.4) is 0 Å². The van der Waals surface area contributed by atoms with Gasteiger partial charge in [-0.05, 0) is 30.5 Å². The van der Waals surface area contributed by atoms with Crippen molar-refractivity contribution in [3.63, 3.8) is 0 Å². The standard InChI is InChI=1S/C22H28N8OS/c1-31-13-12-29-8-10-30(11-9-29)17-5-7-25-20(14-17)28-22-27-19-3-2-18(26-21(19)32-22)16(15-24)4-6-23/h2-7,14-15H,8-13,23-24H2,1H3,(H,25,27,28)/b6-4-,16-15+. The summed E-state index contributed by atoms with van der Waals surface area (Å²) in [5.74, 6) is 0.761. The number of piperazine rings is 1. The first kappa shape index (κ1) is 22.0. The lowest BCUT2D eigenvalue weighted by molar-refractivity contribution is 0.144. The molecular formula is C22H28N8OS. The molecule has 4 heterocycles. The van der Waals surface area contributed by atoms with Crippen LogP contribution in [0.5, 0.6) is 0 Å². The van der Waals surface area contributed by atoms with Crippen molar-refractivity contribution in [2.45, 2.75) is 0 Å². The van der Waals surface area contributed by atoms with Gasteiger partial charge in [-0.2, -0.15) is 0 Å². The first-order valence-electron chi connectivity index (χ1n) is 10.5. The third kappa shape index (κ3) is 5.16. The summed E-state index contributed by atoms with van der Waals surface area (Å²) in [7, 11) is 1.75. The molecule has 0 spiro atoms. The van der Waals surface area contributed by atoms with Gasteiger partial charge in [-0.3, -0.25) is 4.90 Å². The van der Waals surface area contributed by atoms with Crippen LogP contribution < -0.4 is 21.7 Å². The van der Waals surface area contributed by atoms with E-state index in [1.165, 1.54) is 23.7 Å². The van der Waals surface area contributed by atoms with Gasteiger partial charge in [-0.1, -0.05) is 11.3 Å². The lowest BCUT2D eigenvalue weighted by atomic mass is 10.2. The number of fused-ring (bicyclic) bond motifs is 1. The van der Waals surface area contributed by atoms with Crippen LogP contribution >= 0.6 is 11.3 Å². The molecule has 4 rings (SSSR count). The number of allylic oxidation sites excluding steroid dienone is 2. The summed E-state index contributed by atoms with van der Waals surface area (Å²) in [6, 6.07) is 7.93. The number of hydrogen-bond acceptors (Lipinski definition) is 10. The average molecular weight is 453 g/mol. The van der Waals surface area contributed by atoms with Crippen molar-refractivity contribution in [3.05, 3.63) is 54.6 Å². The third-order valence-corrected chi connectivity index (χ3v) is 6.21. The molecule has 0 radical (unpaired) electrons. The molecule has 0 atom stereocenters. The number of thiazole rings is 1. The Bertz CT molecular complexity index is 1100. The second-order valence-electron chi connectivity index (χ2n) is 7.37. The molecule has 168 valence electrons. The van der Waals surface area contributed by atoms with Gasteiger partial charge in [0.1, 0.15) is 16.2 Å². The number of nitrogens with two attached hydrogens (primary N) is 2. The van der Waals surface area contributed by atoms with E-state index < -0.39 is 0 Å². The van der Waals surface area contributed by atoms with Crippen LogP contribution in [0, 0.1) is 0 Å². The lowest BCUT2D eigenvalue weighted by Crippen LogP contribution is -2.47. The Balaban J connectivity index is 1.45. The zero-order valence-electron chi connectivity index (χ0n) is 18.1. The van der Waals surface area contributed by atoms with Crippen LogP contribution in [0.2, 0.25) is 0 Å². The molecule has 5 N–H and O–H groups in total. The van der Waals surface area contributed by atoms with Crippen molar-refractivity contribution in [1.29, 1.82) is 0 Å². The van der Waals surface area contributed by atoms with Gasteiger partial charge in [-0.25, -0.2) is 15.0 Å². The number of ether oxygens (including phenoxy) is 1. The SMILES string of the molecule is COCCN1CCN(c2ccnc(Nc3nc4ccc(C(/C=C\N)=C/N)nc4s3)c2)CC1. The predicted octanol–water partition coefficient (Wildman–Crippen LogP) is 2.37. The molecule has 3 aromatic rings. The maximum Gasteiger partial charge on any atom is 0.190 e. The first-order valence-corrected chi connectivity index (χ1v) is 11.3. The highest BCUT2D eigenvalue weighted by Crippen LogP contribution is 2.29. The zero-order valence-corrected chi connectivity index (χ0v) is 18.9. The second-order valence-corrected chi connectivity index (χ2v) is 8.34. The Morgan fingerprint density at radius 3 is 2.78 bits per heavy atom. The van der Waals surface area contributed by atoms with E-state index in [9.17, 15) is 0 Å². The minimum absolute atomic E-state index is 0.742. The number of anilines is 3. The molecule has 0 unspecified atom stereocenters. The van der Waals surface area contributed by atoms with Gasteiger partial charge in [0.05, 0.1) is 12.3 Å². The minimum Gasteiger partial charge on any atom is -0.405 e. The fourth-order valence-corrected chi connectivity index (χ4v) is 4.45. The molecule has 0 bridgehead atoms. The smallest absolute Gasteiger partial charge is 0.190 e. The summed E-state index contributed by atoms with van der Waals surface area (Å²) >= 11 is 1.47. The summed E-state index contributed by atoms with van der Waals surface area (Å²) in [6.45, 7) is 5.77. The number of nitrogens with one attached hydrogen (secondary N) is 1. The van der Waals surface area contributed by atoms with E-state index >= 15 is 0 Å². The summed E-state index contributed by atoms with van der Waals surface area (Å²) in [5.41, 5.74) is 14.7. The topological polar surface area (TPSA) is 118 Å². The molecule has 10 heteroatoms. The van der Waals surface area contributed by atoms with Crippen LogP contribution in [-0.4, -0.2) is 66.3 Å². The van der Waals surface area contributed by atoms with E-state index in [1.54, 1.807) is 13.2 Å². The van der Waals surface area contributed by atoms with Crippen molar-refractivity contribution in [3.8, 4) is 0 Å². The van der Waals surface area contributed by atoms with E-state index in [1.807, 2.05) is 24.4 Å². The molecule has 0 saturated carbocycles. The molecule has 9 nitrogen and oxygen atoms in total. The quantitative estimate of drug-likeness (QED) is 0.443. The number of aromatic nitrogens is 3. The zero-order chi connectivity index (χ0) is 22.3. The van der Waals surface area contributed by atoms with Gasteiger partial charge in [0.2, 0.25) is 0 Å². The van der Waals surface area contributed by atoms with Gasteiger partial charge in [0, 0.05) is 69.6 Å². The summed E-state index contributed by atoms with van der Waals surface area (Å²) in [4.78, 5) is 19.4. The molecular weight excluding hydrogens is 424 g/mol. The van der Waals surface area contributed by atoms with Crippen molar-refractivity contribution in [2.24, 2.45) is 11.5 Å². The summed E-state index contributed by atoms with van der Waals surface area (Å²) < 4.78 is 5.19. The van der Waals surface area contributed by atoms with Gasteiger partial charge in [0.25, 0.3) is 0 Å². The summed E-state index contributed by atoms with van der Waals surface area (Å²) in [6.07, 6.45) is 6.49. The Kier molecular flexibility index (Phi) is 7.15. The Morgan fingerprint density at radius 1 is 1.19 bits per heavy atom. The van der Waals surface area contributed by atoms with E-state index in [4.69, 9.17) is 16.2 Å². The molecule has 0 aromatic carbocycles. The molecule has 0 aliphatic carbocycles. The number of pyridine rings is 2. The molecule has 1 saturated heterocycles. The Hall–Kier alpha value is -3.21. The van der Waals surface area contributed by atoms with E-state index in [0.29, 0.717) is 0 Å². The first-order chi connectivity index (χ1) is 15.7. The fraction of sp³-hybridized carbons (Fsp3) is 0.318. The van der Waals surface area contributed by atoms with Crippen LogP contribution in [0.15, 0.2) is 48.9 Å². The monoisotopic (exact) mass is 452 g/mol. The highest BCUT2D eigenvalue weighted by atomic mass is 32.1. The number of hydrogen-bond donors (Lipinski definition) is 3. The highest BCUT2D eigenvalue weighted by Gasteiger charge is 2.17. The highest BCUT2D eigenvalue weighted by molar-refractivity contribution is 7.21. The predicted molar refractivity (Wildman–Crippen MR) is 131 cm³/mol. The number of methoxy groups -OCH3 is 1. The molecule has 1 fully saturated rings. The molecule has 1 aliphatic rings. The Labute approximate surface area is 191 Å².